The van der Waals surface area contributed by atoms with Crippen LogP contribution < -0.4 is 10.6 Å². The van der Waals surface area contributed by atoms with E-state index in [1.54, 1.807) is 12.4 Å². The summed E-state index contributed by atoms with van der Waals surface area (Å²) in [5.41, 5.74) is 1.07. The molecule has 1 aliphatic heterocycles. The van der Waals surface area contributed by atoms with Crippen LogP contribution >= 0.6 is 0 Å². The van der Waals surface area contributed by atoms with E-state index >= 15 is 0 Å². The molecule has 1 fully saturated rings. The Balaban J connectivity index is 1.60. The Bertz CT molecular complexity index is 737. The summed E-state index contributed by atoms with van der Waals surface area (Å²) in [6.07, 6.45) is 5.55. The maximum atomic E-state index is 11.4. The fourth-order valence-corrected chi connectivity index (χ4v) is 3.91. The van der Waals surface area contributed by atoms with E-state index in [1.807, 2.05) is 12.1 Å². The molecule has 2 aromatic heterocycles. The van der Waals surface area contributed by atoms with Gasteiger partial charge in [-0.1, -0.05) is 0 Å². The molecule has 2 N–H and O–H groups in total. The summed E-state index contributed by atoms with van der Waals surface area (Å²) in [7, 11) is -2.93. The second-order valence-electron chi connectivity index (χ2n) is 5.12. The molecule has 22 heavy (non-hydrogen) atoms. The normalized spacial score (nSPS) is 19.7. The van der Waals surface area contributed by atoms with Crippen LogP contribution in [-0.4, -0.2) is 46.1 Å². The van der Waals surface area contributed by atoms with Gasteiger partial charge in [0.25, 0.3) is 0 Å². The number of nitrogens with zero attached hydrogens (tertiary/aromatic N) is 4. The van der Waals surface area contributed by atoms with Crippen LogP contribution in [0.3, 0.4) is 0 Å². The molecule has 0 aromatic carbocycles. The summed E-state index contributed by atoms with van der Waals surface area (Å²) in [6, 6.07) is 3.66. The molecule has 116 valence electrons. The number of hydrogen-bond donors (Lipinski definition) is 2. The zero-order chi connectivity index (χ0) is 15.4. The Labute approximate surface area is 128 Å². The van der Waals surface area contributed by atoms with Crippen molar-refractivity contribution in [2.45, 2.75) is 19.0 Å². The predicted molar refractivity (Wildman–Crippen MR) is 82.1 cm³/mol. The third-order valence-electron chi connectivity index (χ3n) is 3.35. The molecule has 0 amide bonds. The van der Waals surface area contributed by atoms with Crippen molar-refractivity contribution in [2.24, 2.45) is 0 Å². The second-order valence-corrected chi connectivity index (χ2v) is 7.35. The van der Waals surface area contributed by atoms with E-state index in [0.29, 0.717) is 24.7 Å². The SMILES string of the molecule is O=S1(=O)CCC(Nc2nncc(NCc3ccncc3)n2)C1. The topological polar surface area (TPSA) is 110 Å². The van der Waals surface area contributed by atoms with Crippen LogP contribution in [0, 0.1) is 0 Å². The van der Waals surface area contributed by atoms with Crippen molar-refractivity contribution in [3.05, 3.63) is 36.3 Å². The summed E-state index contributed by atoms with van der Waals surface area (Å²) in [6.45, 7) is 0.596. The molecule has 1 saturated heterocycles. The Hall–Kier alpha value is -2.29. The van der Waals surface area contributed by atoms with Crippen LogP contribution in [-0.2, 0) is 16.4 Å². The zero-order valence-corrected chi connectivity index (χ0v) is 12.6. The lowest BCUT2D eigenvalue weighted by Gasteiger charge is -2.11. The number of nitrogens with one attached hydrogen (secondary N) is 2. The van der Waals surface area contributed by atoms with Gasteiger partial charge in [0.05, 0.1) is 17.7 Å². The predicted octanol–water partition coefficient (Wildman–Crippen LogP) is 0.478. The Kier molecular flexibility index (Phi) is 4.14. The Morgan fingerprint density at radius 2 is 2.09 bits per heavy atom. The van der Waals surface area contributed by atoms with Crippen molar-refractivity contribution in [2.75, 3.05) is 22.1 Å². The highest BCUT2D eigenvalue weighted by atomic mass is 32.2. The van der Waals surface area contributed by atoms with Gasteiger partial charge in [0.2, 0.25) is 5.95 Å². The van der Waals surface area contributed by atoms with Gasteiger partial charge in [-0.25, -0.2) is 8.42 Å². The van der Waals surface area contributed by atoms with Crippen LogP contribution in [0.5, 0.6) is 0 Å². The highest BCUT2D eigenvalue weighted by Crippen LogP contribution is 2.15. The number of hydrogen-bond acceptors (Lipinski definition) is 8. The van der Waals surface area contributed by atoms with Crippen LogP contribution in [0.4, 0.5) is 11.8 Å². The average Bonchev–Trinajstić information content (AvgIpc) is 2.85. The Morgan fingerprint density at radius 1 is 1.27 bits per heavy atom. The maximum Gasteiger partial charge on any atom is 0.244 e. The number of aromatic nitrogens is 4. The molecule has 3 rings (SSSR count). The van der Waals surface area contributed by atoms with E-state index in [0.717, 1.165) is 5.56 Å². The molecule has 8 nitrogen and oxygen atoms in total. The van der Waals surface area contributed by atoms with E-state index in [2.05, 4.69) is 30.8 Å². The van der Waals surface area contributed by atoms with Crippen molar-refractivity contribution >= 4 is 21.6 Å². The molecule has 0 bridgehead atoms. The van der Waals surface area contributed by atoms with E-state index in [9.17, 15) is 8.42 Å². The van der Waals surface area contributed by atoms with Gasteiger partial charge in [-0.2, -0.15) is 10.1 Å². The molecular formula is C13H16N6O2S. The van der Waals surface area contributed by atoms with Gasteiger partial charge in [0.15, 0.2) is 15.7 Å². The first-order valence-electron chi connectivity index (χ1n) is 6.90. The highest BCUT2D eigenvalue weighted by Gasteiger charge is 2.28. The van der Waals surface area contributed by atoms with Crippen LogP contribution in [0.2, 0.25) is 0 Å². The first kappa shape index (κ1) is 14.6. The lowest BCUT2D eigenvalue weighted by molar-refractivity contribution is 0.602. The number of anilines is 2. The third kappa shape index (κ3) is 3.88. The van der Waals surface area contributed by atoms with Crippen molar-refractivity contribution < 1.29 is 8.42 Å². The van der Waals surface area contributed by atoms with Crippen molar-refractivity contribution in [3.63, 3.8) is 0 Å². The van der Waals surface area contributed by atoms with Gasteiger partial charge in [-0.15, -0.1) is 5.10 Å². The number of rotatable bonds is 5. The second kappa shape index (κ2) is 6.22. The van der Waals surface area contributed by atoms with Gasteiger partial charge < -0.3 is 10.6 Å². The van der Waals surface area contributed by atoms with Gasteiger partial charge in [0.1, 0.15) is 0 Å². The summed E-state index contributed by atoms with van der Waals surface area (Å²) >= 11 is 0. The van der Waals surface area contributed by atoms with Gasteiger partial charge in [-0.3, -0.25) is 4.98 Å². The molecule has 2 aromatic rings. The minimum Gasteiger partial charge on any atom is -0.365 e. The molecule has 9 heteroatoms. The number of pyridine rings is 1. The third-order valence-corrected chi connectivity index (χ3v) is 5.12. The van der Waals surface area contributed by atoms with E-state index in [-0.39, 0.29) is 17.5 Å². The van der Waals surface area contributed by atoms with Crippen LogP contribution in [0.1, 0.15) is 12.0 Å². The smallest absolute Gasteiger partial charge is 0.244 e. The molecule has 1 unspecified atom stereocenters. The molecule has 3 heterocycles. The fraction of sp³-hybridized carbons (Fsp3) is 0.385. The summed E-state index contributed by atoms with van der Waals surface area (Å²) < 4.78 is 22.9. The summed E-state index contributed by atoms with van der Waals surface area (Å²) in [5.74, 6) is 1.24. The largest absolute Gasteiger partial charge is 0.365 e. The highest BCUT2D eigenvalue weighted by molar-refractivity contribution is 7.91. The molecular weight excluding hydrogens is 304 g/mol. The van der Waals surface area contributed by atoms with E-state index in [1.165, 1.54) is 6.20 Å². The average molecular weight is 320 g/mol. The van der Waals surface area contributed by atoms with Crippen LogP contribution in [0.25, 0.3) is 0 Å². The fourth-order valence-electron chi connectivity index (χ4n) is 2.23. The quantitative estimate of drug-likeness (QED) is 0.818. The van der Waals surface area contributed by atoms with E-state index < -0.39 is 9.84 Å². The van der Waals surface area contributed by atoms with Crippen molar-refractivity contribution in [1.29, 1.82) is 0 Å². The van der Waals surface area contributed by atoms with Crippen molar-refractivity contribution in [3.8, 4) is 0 Å². The molecule has 0 saturated carbocycles. The van der Waals surface area contributed by atoms with Crippen molar-refractivity contribution in [1.82, 2.24) is 20.2 Å². The monoisotopic (exact) mass is 320 g/mol. The first-order chi connectivity index (χ1) is 10.6. The minimum absolute atomic E-state index is 0.116. The van der Waals surface area contributed by atoms with Gasteiger partial charge >= 0.3 is 0 Å². The van der Waals surface area contributed by atoms with Crippen LogP contribution in [0.15, 0.2) is 30.7 Å². The standard InChI is InChI=1S/C13H16N6O2S/c20-22(21)6-3-11(9-22)17-13-18-12(8-16-19-13)15-7-10-1-4-14-5-2-10/h1-2,4-5,8,11H,3,6-7,9H2,(H2,15,17,18,19). The maximum absolute atomic E-state index is 11.4. The van der Waals surface area contributed by atoms with Gasteiger partial charge in [-0.05, 0) is 24.1 Å². The summed E-state index contributed by atoms with van der Waals surface area (Å²) in [4.78, 5) is 8.25. The molecule has 0 radical (unpaired) electrons. The zero-order valence-electron chi connectivity index (χ0n) is 11.8. The van der Waals surface area contributed by atoms with Gasteiger partial charge in [0, 0.05) is 25.0 Å². The molecule has 0 spiro atoms. The number of sulfone groups is 1. The Morgan fingerprint density at radius 3 is 2.82 bits per heavy atom. The minimum atomic E-state index is -2.93. The molecule has 0 aliphatic carbocycles. The summed E-state index contributed by atoms with van der Waals surface area (Å²) in [5, 5.41) is 13.9. The molecule has 1 aliphatic rings. The van der Waals surface area contributed by atoms with E-state index in [4.69, 9.17) is 0 Å². The first-order valence-corrected chi connectivity index (χ1v) is 8.72. The molecule has 1 atom stereocenters. The lowest BCUT2D eigenvalue weighted by Crippen LogP contribution is -2.22. The lowest BCUT2D eigenvalue weighted by atomic mass is 10.3.